The Kier molecular flexibility index (Phi) is 6.94. The summed E-state index contributed by atoms with van der Waals surface area (Å²) in [4.78, 5) is 21.3. The number of rotatable bonds is 6. The van der Waals surface area contributed by atoms with Crippen molar-refractivity contribution in [3.63, 3.8) is 0 Å². The van der Waals surface area contributed by atoms with Crippen molar-refractivity contribution in [1.82, 2.24) is 10.3 Å². The van der Waals surface area contributed by atoms with Crippen LogP contribution in [0.25, 0.3) is 0 Å². The average molecular weight is 408 g/mol. The topological polar surface area (TPSA) is 84.8 Å². The molecule has 154 valence electrons. The number of hydrogen-bond acceptors (Lipinski definition) is 5. The van der Waals surface area contributed by atoms with Gasteiger partial charge in [-0.15, -0.1) is 0 Å². The fraction of sp³-hybridized carbons (Fsp3) is 0.136. The number of aromatic nitrogens is 1. The molecule has 0 unspecified atom stereocenters. The molecule has 0 saturated heterocycles. The van der Waals surface area contributed by atoms with Crippen LogP contribution >= 0.6 is 0 Å². The number of amides is 1. The van der Waals surface area contributed by atoms with E-state index in [-0.39, 0.29) is 11.8 Å². The Morgan fingerprint density at radius 2 is 1.83 bits per heavy atom. The number of carbonyl (C=O) groups is 1. The van der Waals surface area contributed by atoms with Crippen LogP contribution in [0.5, 0.6) is 11.5 Å². The highest BCUT2D eigenvalue weighted by Crippen LogP contribution is 2.27. The first kappa shape index (κ1) is 20.8. The summed E-state index contributed by atoms with van der Waals surface area (Å²) in [6.45, 7) is 0.295. The molecule has 2 N–H and O–H groups in total. The van der Waals surface area contributed by atoms with E-state index in [0.717, 1.165) is 5.56 Å². The van der Waals surface area contributed by atoms with Gasteiger partial charge in [0, 0.05) is 23.6 Å². The largest absolute Gasteiger partial charge is 0.493 e. The van der Waals surface area contributed by atoms with Gasteiger partial charge in [0.25, 0.3) is 5.91 Å². The lowest BCUT2D eigenvalue weighted by Crippen LogP contribution is -2.36. The van der Waals surface area contributed by atoms with Crippen molar-refractivity contribution in [2.45, 2.75) is 6.54 Å². The summed E-state index contributed by atoms with van der Waals surface area (Å²) in [6.07, 6.45) is 3.36. The SMILES string of the molecule is COc1ccc(C(=O)NC(=NCc2cccnc2)Nc2ccc(F)cc2)cc1OC. The van der Waals surface area contributed by atoms with Crippen LogP contribution < -0.4 is 20.1 Å². The number of hydrogen-bond donors (Lipinski definition) is 2. The summed E-state index contributed by atoms with van der Waals surface area (Å²) >= 11 is 0. The standard InChI is InChI=1S/C22H21FN4O3/c1-29-19-10-5-16(12-20(19)30-2)21(28)27-22(25-14-15-4-3-11-24-13-15)26-18-8-6-17(23)7-9-18/h3-13H,14H2,1-2H3,(H2,25,26,27,28). The molecule has 0 spiro atoms. The van der Waals surface area contributed by atoms with Crippen molar-refractivity contribution in [2.24, 2.45) is 4.99 Å². The van der Waals surface area contributed by atoms with E-state index in [1.165, 1.54) is 26.4 Å². The summed E-state index contributed by atoms with van der Waals surface area (Å²) in [7, 11) is 3.02. The van der Waals surface area contributed by atoms with Crippen molar-refractivity contribution in [2.75, 3.05) is 19.5 Å². The molecule has 0 atom stereocenters. The molecule has 3 rings (SSSR count). The lowest BCUT2D eigenvalue weighted by Gasteiger charge is -2.13. The van der Waals surface area contributed by atoms with E-state index >= 15 is 0 Å². The third-order valence-electron chi connectivity index (χ3n) is 4.13. The summed E-state index contributed by atoms with van der Waals surface area (Å²) in [5.74, 6) is 0.416. The molecule has 30 heavy (non-hydrogen) atoms. The van der Waals surface area contributed by atoms with Crippen LogP contribution in [0.4, 0.5) is 10.1 Å². The number of methoxy groups -OCH3 is 2. The third kappa shape index (κ3) is 5.54. The van der Waals surface area contributed by atoms with Crippen LogP contribution in [0.15, 0.2) is 72.0 Å². The van der Waals surface area contributed by atoms with Crippen LogP contribution in [0.3, 0.4) is 0 Å². The van der Waals surface area contributed by atoms with Crippen LogP contribution in [-0.4, -0.2) is 31.1 Å². The summed E-state index contributed by atoms with van der Waals surface area (Å²) < 4.78 is 23.7. The summed E-state index contributed by atoms with van der Waals surface area (Å²) in [5, 5.41) is 5.75. The predicted molar refractivity (Wildman–Crippen MR) is 112 cm³/mol. The highest BCUT2D eigenvalue weighted by atomic mass is 19.1. The Bertz CT molecular complexity index is 1020. The van der Waals surface area contributed by atoms with E-state index in [0.29, 0.717) is 29.3 Å². The molecule has 8 heteroatoms. The maximum absolute atomic E-state index is 13.2. The van der Waals surface area contributed by atoms with Gasteiger partial charge >= 0.3 is 0 Å². The molecule has 7 nitrogen and oxygen atoms in total. The zero-order chi connectivity index (χ0) is 21.3. The Balaban J connectivity index is 1.81. The van der Waals surface area contributed by atoms with Gasteiger partial charge in [0.1, 0.15) is 5.82 Å². The van der Waals surface area contributed by atoms with Gasteiger partial charge in [-0.1, -0.05) is 6.07 Å². The second-order valence-electron chi connectivity index (χ2n) is 6.18. The smallest absolute Gasteiger partial charge is 0.258 e. The molecular formula is C22H21FN4O3. The summed E-state index contributed by atoms with van der Waals surface area (Å²) in [6, 6.07) is 14.3. The van der Waals surface area contributed by atoms with E-state index in [2.05, 4.69) is 20.6 Å². The number of nitrogens with zero attached hydrogens (tertiary/aromatic N) is 2. The molecule has 2 aromatic carbocycles. The van der Waals surface area contributed by atoms with Gasteiger partial charge in [0.05, 0.1) is 20.8 Å². The molecule has 0 bridgehead atoms. The number of halogens is 1. The number of nitrogens with one attached hydrogen (secondary N) is 2. The first-order valence-corrected chi connectivity index (χ1v) is 9.08. The Morgan fingerprint density at radius 1 is 1.07 bits per heavy atom. The maximum Gasteiger partial charge on any atom is 0.258 e. The second-order valence-corrected chi connectivity index (χ2v) is 6.18. The van der Waals surface area contributed by atoms with Crippen LogP contribution in [0.2, 0.25) is 0 Å². The number of benzene rings is 2. The summed E-state index contributed by atoms with van der Waals surface area (Å²) in [5.41, 5.74) is 1.81. The number of carbonyl (C=O) groups excluding carboxylic acids is 1. The van der Waals surface area contributed by atoms with Gasteiger partial charge < -0.3 is 14.8 Å². The zero-order valence-electron chi connectivity index (χ0n) is 16.6. The minimum absolute atomic E-state index is 0.213. The Hall–Kier alpha value is -3.94. The number of anilines is 1. The third-order valence-corrected chi connectivity index (χ3v) is 4.13. The average Bonchev–Trinajstić information content (AvgIpc) is 2.79. The molecule has 0 radical (unpaired) electrons. The lowest BCUT2D eigenvalue weighted by atomic mass is 10.2. The van der Waals surface area contributed by atoms with Gasteiger partial charge in [-0.2, -0.15) is 0 Å². The molecule has 0 aliphatic heterocycles. The highest BCUT2D eigenvalue weighted by molar-refractivity contribution is 6.10. The quantitative estimate of drug-likeness (QED) is 0.481. The molecule has 0 saturated carbocycles. The first-order valence-electron chi connectivity index (χ1n) is 9.08. The molecule has 0 aliphatic rings. The molecular weight excluding hydrogens is 387 g/mol. The van der Waals surface area contributed by atoms with E-state index in [1.54, 1.807) is 48.8 Å². The van der Waals surface area contributed by atoms with Crippen LogP contribution in [-0.2, 0) is 6.54 Å². The van der Waals surface area contributed by atoms with Crippen molar-refractivity contribution < 1.29 is 18.7 Å². The molecule has 3 aromatic rings. The van der Waals surface area contributed by atoms with Crippen molar-refractivity contribution in [3.05, 3.63) is 83.9 Å². The van der Waals surface area contributed by atoms with Gasteiger partial charge in [0.2, 0.25) is 5.96 Å². The van der Waals surface area contributed by atoms with Crippen LogP contribution in [0.1, 0.15) is 15.9 Å². The van der Waals surface area contributed by atoms with Crippen molar-refractivity contribution in [1.29, 1.82) is 0 Å². The van der Waals surface area contributed by atoms with Crippen molar-refractivity contribution in [3.8, 4) is 11.5 Å². The predicted octanol–water partition coefficient (Wildman–Crippen LogP) is 3.64. The van der Waals surface area contributed by atoms with Gasteiger partial charge in [-0.05, 0) is 54.1 Å². The maximum atomic E-state index is 13.2. The monoisotopic (exact) mass is 408 g/mol. The molecule has 0 fully saturated rings. The van der Waals surface area contributed by atoms with Crippen LogP contribution in [0, 0.1) is 5.82 Å². The first-order chi connectivity index (χ1) is 14.6. The number of ether oxygens (including phenoxy) is 2. The van der Waals surface area contributed by atoms with Gasteiger partial charge in [-0.25, -0.2) is 9.38 Å². The fourth-order valence-corrected chi connectivity index (χ4v) is 2.60. The van der Waals surface area contributed by atoms with E-state index in [1.807, 2.05) is 6.07 Å². The number of aliphatic imine (C=N–C) groups is 1. The minimum atomic E-state index is -0.393. The van der Waals surface area contributed by atoms with E-state index in [4.69, 9.17) is 9.47 Å². The number of pyridine rings is 1. The minimum Gasteiger partial charge on any atom is -0.493 e. The molecule has 0 aliphatic carbocycles. The van der Waals surface area contributed by atoms with E-state index < -0.39 is 5.91 Å². The van der Waals surface area contributed by atoms with Gasteiger partial charge in [-0.3, -0.25) is 15.1 Å². The highest BCUT2D eigenvalue weighted by Gasteiger charge is 2.13. The zero-order valence-corrected chi connectivity index (χ0v) is 16.6. The van der Waals surface area contributed by atoms with Crippen molar-refractivity contribution >= 4 is 17.6 Å². The Morgan fingerprint density at radius 3 is 2.50 bits per heavy atom. The normalized spacial score (nSPS) is 11.0. The molecule has 1 aromatic heterocycles. The Labute approximate surface area is 173 Å². The molecule has 1 heterocycles. The second kappa shape index (κ2) is 10.0. The van der Waals surface area contributed by atoms with Gasteiger partial charge in [0.15, 0.2) is 11.5 Å². The molecule has 1 amide bonds. The lowest BCUT2D eigenvalue weighted by molar-refractivity contribution is 0.0976. The number of guanidine groups is 1. The van der Waals surface area contributed by atoms with E-state index in [9.17, 15) is 9.18 Å². The fourth-order valence-electron chi connectivity index (χ4n) is 2.60.